The van der Waals surface area contributed by atoms with E-state index in [9.17, 15) is 4.79 Å². The summed E-state index contributed by atoms with van der Waals surface area (Å²) in [6.07, 6.45) is 6.27. The molecule has 0 aliphatic carbocycles. The fourth-order valence-corrected chi connectivity index (χ4v) is 4.17. The van der Waals surface area contributed by atoms with Crippen LogP contribution >= 0.6 is 0 Å². The first-order chi connectivity index (χ1) is 15.0. The fourth-order valence-electron chi connectivity index (χ4n) is 4.17. The number of nitrogens with zero attached hydrogens (tertiary/aromatic N) is 7. The molecule has 0 saturated carbocycles. The van der Waals surface area contributed by atoms with Gasteiger partial charge in [-0.15, -0.1) is 0 Å². The van der Waals surface area contributed by atoms with Crippen molar-refractivity contribution in [2.45, 2.75) is 60.0 Å². The number of carbonyl (C=O) groups excluding carboxylic acids is 1. The number of aromatic nitrogens is 4. The van der Waals surface area contributed by atoms with Crippen molar-refractivity contribution in [3.8, 4) is 0 Å². The van der Waals surface area contributed by atoms with Crippen LogP contribution in [0.15, 0.2) is 18.6 Å². The van der Waals surface area contributed by atoms with Gasteiger partial charge in [0.25, 0.3) is 0 Å². The quantitative estimate of drug-likeness (QED) is 0.678. The van der Waals surface area contributed by atoms with Crippen molar-refractivity contribution in [1.29, 1.82) is 0 Å². The third kappa shape index (κ3) is 4.75. The second-order valence-corrected chi connectivity index (χ2v) is 10.8. The Kier molecular flexibility index (Phi) is 5.92. The van der Waals surface area contributed by atoms with E-state index in [0.29, 0.717) is 11.5 Å². The Bertz CT molecular complexity index is 967. The standard InChI is InChI=1S/C24H35N7O/c1-23(2,3)20(32)17-13-25-21(26-14-17)29-9-11-30(12-10-29)22-27-15-18-16-31(24(4,5)6)8-7-19(18)28-22/h13-15H,7-12,16H2,1-6H3. The molecule has 2 aromatic rings. The van der Waals surface area contributed by atoms with Crippen LogP contribution in [0.25, 0.3) is 0 Å². The van der Waals surface area contributed by atoms with Crippen molar-refractivity contribution in [3.63, 3.8) is 0 Å². The van der Waals surface area contributed by atoms with Crippen LogP contribution in [0.3, 0.4) is 0 Å². The highest BCUT2D eigenvalue weighted by Gasteiger charge is 2.28. The van der Waals surface area contributed by atoms with Crippen LogP contribution in [0.1, 0.15) is 63.2 Å². The molecule has 1 saturated heterocycles. The number of anilines is 2. The summed E-state index contributed by atoms with van der Waals surface area (Å²) in [5.41, 5.74) is 2.71. The molecule has 8 heteroatoms. The SMILES string of the molecule is CC(C)(C)C(=O)c1cnc(N2CCN(c3ncc4c(n3)CCN(C(C)(C)C)C4)CC2)nc1. The van der Waals surface area contributed by atoms with Gasteiger partial charge in [0.05, 0.1) is 11.3 Å². The Morgan fingerprint density at radius 1 is 0.812 bits per heavy atom. The fraction of sp³-hybridized carbons (Fsp3) is 0.625. The second-order valence-electron chi connectivity index (χ2n) is 10.8. The minimum Gasteiger partial charge on any atom is -0.337 e. The van der Waals surface area contributed by atoms with Gasteiger partial charge in [-0.3, -0.25) is 9.69 Å². The maximum Gasteiger partial charge on any atom is 0.225 e. The average molecular weight is 438 g/mol. The average Bonchev–Trinajstić information content (AvgIpc) is 2.77. The first kappa shape index (κ1) is 22.6. The Morgan fingerprint density at radius 3 is 1.94 bits per heavy atom. The molecule has 0 atom stereocenters. The lowest BCUT2D eigenvalue weighted by molar-refractivity contribution is 0.0857. The number of rotatable bonds is 3. The Morgan fingerprint density at radius 2 is 1.38 bits per heavy atom. The van der Waals surface area contributed by atoms with Crippen LogP contribution in [-0.2, 0) is 13.0 Å². The summed E-state index contributed by atoms with van der Waals surface area (Å²) in [5.74, 6) is 1.55. The molecule has 0 N–H and O–H groups in total. The molecule has 32 heavy (non-hydrogen) atoms. The molecule has 4 rings (SSSR count). The van der Waals surface area contributed by atoms with E-state index in [-0.39, 0.29) is 11.3 Å². The monoisotopic (exact) mass is 437 g/mol. The van der Waals surface area contributed by atoms with Gasteiger partial charge in [0.15, 0.2) is 5.78 Å². The number of hydrogen-bond acceptors (Lipinski definition) is 8. The zero-order valence-corrected chi connectivity index (χ0v) is 20.2. The number of piperazine rings is 1. The molecule has 2 aliphatic rings. The van der Waals surface area contributed by atoms with E-state index in [2.05, 4.69) is 50.4 Å². The van der Waals surface area contributed by atoms with Crippen molar-refractivity contribution in [1.82, 2.24) is 24.8 Å². The predicted molar refractivity (Wildman–Crippen MR) is 126 cm³/mol. The van der Waals surface area contributed by atoms with Gasteiger partial charge in [0, 0.05) is 80.8 Å². The molecule has 0 aromatic carbocycles. The number of fused-ring (bicyclic) bond motifs is 1. The van der Waals surface area contributed by atoms with Crippen molar-refractivity contribution in [3.05, 3.63) is 35.4 Å². The Labute approximate surface area is 191 Å². The molecular formula is C24H35N7O. The summed E-state index contributed by atoms with van der Waals surface area (Å²) in [6.45, 7) is 17.7. The summed E-state index contributed by atoms with van der Waals surface area (Å²) in [5, 5.41) is 0. The Balaban J connectivity index is 1.38. The molecule has 4 heterocycles. The summed E-state index contributed by atoms with van der Waals surface area (Å²) < 4.78 is 0. The molecule has 8 nitrogen and oxygen atoms in total. The van der Waals surface area contributed by atoms with E-state index in [0.717, 1.165) is 51.6 Å². The molecule has 0 unspecified atom stereocenters. The van der Waals surface area contributed by atoms with Crippen LogP contribution in [0.2, 0.25) is 0 Å². The lowest BCUT2D eigenvalue weighted by atomic mass is 9.88. The third-order valence-electron chi connectivity index (χ3n) is 6.30. The van der Waals surface area contributed by atoms with Crippen LogP contribution in [0.5, 0.6) is 0 Å². The van der Waals surface area contributed by atoms with Crippen molar-refractivity contribution in [2.75, 3.05) is 42.5 Å². The molecule has 172 valence electrons. The number of carbonyl (C=O) groups is 1. The van der Waals surface area contributed by atoms with Crippen LogP contribution < -0.4 is 9.80 Å². The first-order valence-electron chi connectivity index (χ1n) is 11.5. The normalized spacial score (nSPS) is 17.9. The van der Waals surface area contributed by atoms with Crippen LogP contribution in [0.4, 0.5) is 11.9 Å². The van der Waals surface area contributed by atoms with Crippen molar-refractivity contribution >= 4 is 17.7 Å². The van der Waals surface area contributed by atoms with Crippen LogP contribution in [0, 0.1) is 5.41 Å². The topological polar surface area (TPSA) is 78.4 Å². The second kappa shape index (κ2) is 8.39. The maximum absolute atomic E-state index is 12.4. The Hall–Kier alpha value is -2.61. The molecular weight excluding hydrogens is 402 g/mol. The van der Waals surface area contributed by atoms with E-state index >= 15 is 0 Å². The highest BCUT2D eigenvalue weighted by Crippen LogP contribution is 2.25. The van der Waals surface area contributed by atoms with Gasteiger partial charge >= 0.3 is 0 Å². The highest BCUT2D eigenvalue weighted by atomic mass is 16.1. The van der Waals surface area contributed by atoms with E-state index in [1.54, 1.807) is 12.4 Å². The number of ketones is 1. The lowest BCUT2D eigenvalue weighted by Crippen LogP contribution is -2.48. The highest BCUT2D eigenvalue weighted by molar-refractivity contribution is 5.99. The van der Waals surface area contributed by atoms with E-state index in [1.165, 1.54) is 11.3 Å². The molecule has 0 bridgehead atoms. The minimum atomic E-state index is -0.434. The van der Waals surface area contributed by atoms with Crippen molar-refractivity contribution < 1.29 is 4.79 Å². The molecule has 0 amide bonds. The molecule has 2 aromatic heterocycles. The van der Waals surface area contributed by atoms with E-state index in [1.807, 2.05) is 27.0 Å². The van der Waals surface area contributed by atoms with Gasteiger partial charge in [-0.2, -0.15) is 0 Å². The smallest absolute Gasteiger partial charge is 0.225 e. The summed E-state index contributed by atoms with van der Waals surface area (Å²) >= 11 is 0. The number of hydrogen-bond donors (Lipinski definition) is 0. The lowest BCUT2D eigenvalue weighted by Gasteiger charge is -2.39. The number of Topliss-reactive ketones (excluding diaryl/α,β-unsaturated/α-hetero) is 1. The summed E-state index contributed by atoms with van der Waals surface area (Å²) in [4.78, 5) is 37.8. The first-order valence-corrected chi connectivity index (χ1v) is 11.5. The molecule has 0 spiro atoms. The van der Waals surface area contributed by atoms with Gasteiger partial charge < -0.3 is 9.80 Å². The van der Waals surface area contributed by atoms with Gasteiger partial charge in [-0.05, 0) is 20.8 Å². The van der Waals surface area contributed by atoms with Gasteiger partial charge in [0.1, 0.15) is 0 Å². The maximum atomic E-state index is 12.4. The minimum absolute atomic E-state index is 0.0593. The van der Waals surface area contributed by atoms with Gasteiger partial charge in [-0.1, -0.05) is 20.8 Å². The molecule has 1 fully saturated rings. The summed E-state index contributed by atoms with van der Waals surface area (Å²) in [7, 11) is 0. The van der Waals surface area contributed by atoms with E-state index < -0.39 is 5.41 Å². The largest absolute Gasteiger partial charge is 0.337 e. The van der Waals surface area contributed by atoms with Gasteiger partial charge in [-0.25, -0.2) is 19.9 Å². The van der Waals surface area contributed by atoms with Crippen LogP contribution in [-0.4, -0.2) is 68.9 Å². The molecule has 0 radical (unpaired) electrons. The zero-order chi connectivity index (χ0) is 23.1. The van der Waals surface area contributed by atoms with E-state index in [4.69, 9.17) is 4.98 Å². The summed E-state index contributed by atoms with van der Waals surface area (Å²) in [6, 6.07) is 0. The predicted octanol–water partition coefficient (Wildman–Crippen LogP) is 2.98. The zero-order valence-electron chi connectivity index (χ0n) is 20.2. The molecule has 2 aliphatic heterocycles. The van der Waals surface area contributed by atoms with Gasteiger partial charge in [0.2, 0.25) is 11.9 Å². The third-order valence-corrected chi connectivity index (χ3v) is 6.30. The van der Waals surface area contributed by atoms with Crippen molar-refractivity contribution in [2.24, 2.45) is 5.41 Å².